The Hall–Kier alpha value is -6.64. The second-order valence-corrected chi connectivity index (χ2v) is 11.9. The molecule has 236 valence electrons. The summed E-state index contributed by atoms with van der Waals surface area (Å²) in [7, 11) is 0. The van der Waals surface area contributed by atoms with E-state index in [0.717, 1.165) is 44.2 Å². The Morgan fingerprint density at radius 2 is 1.02 bits per heavy atom. The van der Waals surface area contributed by atoms with Crippen molar-refractivity contribution in [2.45, 2.75) is 0 Å². The van der Waals surface area contributed by atoms with Crippen LogP contribution in [0.5, 0.6) is 0 Å². The van der Waals surface area contributed by atoms with Gasteiger partial charge in [0.05, 0.1) is 29.1 Å². The third kappa shape index (κ3) is 5.34. The molecule has 0 aliphatic rings. The largest absolute Gasteiger partial charge is 0.310 e. The van der Waals surface area contributed by atoms with Crippen LogP contribution in [0.4, 0.5) is 17.1 Å². The first kappa shape index (κ1) is 21.4. The molecule has 9 aromatic rings. The molecule has 0 radical (unpaired) electrons. The first-order valence-corrected chi connectivity index (χ1v) is 16.4. The third-order valence-corrected chi connectivity index (χ3v) is 8.95. The summed E-state index contributed by atoms with van der Waals surface area (Å²) in [5.74, 6) is 0. The van der Waals surface area contributed by atoms with Crippen molar-refractivity contribution >= 4 is 38.9 Å². The summed E-state index contributed by atoms with van der Waals surface area (Å²) in [4.78, 5) is 1.29. The summed E-state index contributed by atoms with van der Waals surface area (Å²) in [6.45, 7) is 0. The molecule has 2 heteroatoms. The van der Waals surface area contributed by atoms with Crippen LogP contribution in [0, 0.1) is 0 Å². The molecule has 1 heterocycles. The van der Waals surface area contributed by atoms with Gasteiger partial charge in [-0.15, -0.1) is 0 Å². The first-order chi connectivity index (χ1) is 28.6. The quantitative estimate of drug-likeness (QED) is 0.167. The van der Waals surface area contributed by atoms with E-state index in [1.165, 1.54) is 4.90 Å². The smallest absolute Gasteiger partial charge is 0.0645 e. The average molecular weight is 648 g/mol. The van der Waals surface area contributed by atoms with Crippen molar-refractivity contribution in [3.05, 3.63) is 206 Å². The van der Waals surface area contributed by atoms with Crippen LogP contribution in [0.3, 0.4) is 0 Å². The highest BCUT2D eigenvalue weighted by molar-refractivity contribution is 6.10. The van der Waals surface area contributed by atoms with E-state index in [9.17, 15) is 5.48 Å². The molecule has 9 rings (SSSR count). The van der Waals surface area contributed by atoms with Crippen LogP contribution >= 0.6 is 0 Å². The molecule has 0 aliphatic carbocycles. The third-order valence-electron chi connectivity index (χ3n) is 8.95. The molecule has 2 nitrogen and oxygen atoms in total. The van der Waals surface area contributed by atoms with Crippen molar-refractivity contribution in [3.8, 4) is 39.1 Å². The van der Waals surface area contributed by atoms with Crippen LogP contribution in [0.25, 0.3) is 60.9 Å². The zero-order chi connectivity index (χ0) is 41.1. The summed E-state index contributed by atoms with van der Waals surface area (Å²) < 4.78 is 83.5. The molecule has 0 unspecified atom stereocenters. The van der Waals surface area contributed by atoms with Crippen LogP contribution in [0.15, 0.2) is 206 Å². The summed E-state index contributed by atoms with van der Waals surface area (Å²) in [5.41, 5.74) is 6.65. The normalized spacial score (nSPS) is 13.7. The Bertz CT molecular complexity index is 3050. The van der Waals surface area contributed by atoms with Crippen LogP contribution in [0.2, 0.25) is 0 Å². The fourth-order valence-electron chi connectivity index (χ4n) is 6.66. The number of nitrogens with zero attached hydrogens (tertiary/aromatic N) is 2. The minimum atomic E-state index is -0.589. The highest BCUT2D eigenvalue weighted by Crippen LogP contribution is 2.42. The van der Waals surface area contributed by atoms with Crippen molar-refractivity contribution in [3.63, 3.8) is 0 Å². The van der Waals surface area contributed by atoms with E-state index in [0.29, 0.717) is 16.8 Å². The van der Waals surface area contributed by atoms with E-state index in [2.05, 4.69) is 41.0 Å². The molecule has 0 N–H and O–H groups in total. The van der Waals surface area contributed by atoms with Gasteiger partial charge in [-0.1, -0.05) is 145 Å². The fraction of sp³-hybridized carbons (Fsp3) is 0. The van der Waals surface area contributed by atoms with Crippen LogP contribution in [-0.2, 0) is 0 Å². The van der Waals surface area contributed by atoms with Gasteiger partial charge in [0, 0.05) is 33.4 Å². The summed E-state index contributed by atoms with van der Waals surface area (Å²) in [6, 6.07) is 44.1. The highest BCUT2D eigenvalue weighted by atomic mass is 15.1. The molecule has 0 saturated heterocycles. The molecule has 0 aliphatic heterocycles. The van der Waals surface area contributed by atoms with Crippen molar-refractivity contribution in [2.24, 2.45) is 0 Å². The van der Waals surface area contributed by atoms with Gasteiger partial charge in [-0.2, -0.15) is 0 Å². The van der Waals surface area contributed by atoms with Crippen molar-refractivity contribution in [1.82, 2.24) is 4.57 Å². The van der Waals surface area contributed by atoms with E-state index < -0.39 is 42.3 Å². The first-order valence-electron chi connectivity index (χ1n) is 20.9. The second-order valence-electron chi connectivity index (χ2n) is 11.9. The zero-order valence-electron chi connectivity index (χ0n) is 35.8. The minimum Gasteiger partial charge on any atom is -0.310 e. The Morgan fingerprint density at radius 3 is 1.82 bits per heavy atom. The van der Waals surface area contributed by atoms with Crippen molar-refractivity contribution in [1.29, 1.82) is 0 Å². The van der Waals surface area contributed by atoms with Gasteiger partial charge >= 0.3 is 0 Å². The number of para-hydroxylation sites is 3. The van der Waals surface area contributed by atoms with Gasteiger partial charge in [-0.05, 0) is 88.4 Å². The molecule has 0 fully saturated rings. The second kappa shape index (κ2) is 12.8. The van der Waals surface area contributed by atoms with Gasteiger partial charge in [0.2, 0.25) is 0 Å². The fourth-order valence-corrected chi connectivity index (χ4v) is 6.66. The number of fused-ring (bicyclic) bond motifs is 3. The lowest BCUT2D eigenvalue weighted by Gasteiger charge is -2.28. The highest BCUT2D eigenvalue weighted by Gasteiger charge is 2.18. The maximum atomic E-state index is 9.53. The number of aromatic nitrogens is 1. The minimum absolute atomic E-state index is 0.0749. The molecule has 0 atom stereocenters. The lowest BCUT2D eigenvalue weighted by atomic mass is 10.0. The average Bonchev–Trinajstić information content (AvgIpc) is 3.61. The van der Waals surface area contributed by atoms with Gasteiger partial charge in [0.15, 0.2) is 0 Å². The summed E-state index contributed by atoms with van der Waals surface area (Å²) >= 11 is 0. The molecule has 0 saturated carbocycles. The maximum Gasteiger partial charge on any atom is 0.0645 e. The van der Waals surface area contributed by atoms with E-state index in [-0.39, 0.29) is 29.0 Å². The number of hydrogen-bond donors (Lipinski definition) is 0. The number of benzene rings is 8. The Kier molecular flexibility index (Phi) is 5.45. The van der Waals surface area contributed by atoms with Crippen LogP contribution in [0.1, 0.15) is 12.3 Å². The van der Waals surface area contributed by atoms with Gasteiger partial charge in [0.25, 0.3) is 0 Å². The van der Waals surface area contributed by atoms with Crippen molar-refractivity contribution in [2.75, 3.05) is 4.90 Å². The molecule has 1 aromatic heterocycles. The van der Waals surface area contributed by atoms with E-state index in [1.807, 2.05) is 84.9 Å². The number of hydrogen-bond acceptors (Lipinski definition) is 1. The lowest BCUT2D eigenvalue weighted by molar-refractivity contribution is 1.18. The van der Waals surface area contributed by atoms with E-state index in [4.69, 9.17) is 6.85 Å². The number of rotatable bonds is 7. The van der Waals surface area contributed by atoms with Gasteiger partial charge in [0.1, 0.15) is 0 Å². The molecule has 0 spiro atoms. The number of anilines is 3. The lowest BCUT2D eigenvalue weighted by Crippen LogP contribution is -2.11. The Balaban J connectivity index is 1.26. The maximum absolute atomic E-state index is 9.53. The van der Waals surface area contributed by atoms with E-state index >= 15 is 0 Å². The summed E-state index contributed by atoms with van der Waals surface area (Å²) in [5, 5.41) is 1.81. The monoisotopic (exact) mass is 647 g/mol. The van der Waals surface area contributed by atoms with Gasteiger partial charge < -0.3 is 9.47 Å². The van der Waals surface area contributed by atoms with Gasteiger partial charge in [-0.25, -0.2) is 0 Å². The predicted octanol–water partition coefficient (Wildman–Crippen LogP) is 13.3. The molecular weight excluding hydrogens is 605 g/mol. The Morgan fingerprint density at radius 1 is 0.400 bits per heavy atom. The predicted molar refractivity (Wildman–Crippen MR) is 212 cm³/mol. The van der Waals surface area contributed by atoms with Crippen molar-refractivity contribution < 1.29 is 12.3 Å². The van der Waals surface area contributed by atoms with Crippen LogP contribution < -0.4 is 4.90 Å². The standard InChI is InChI=1S/C48H34N2/c1-4-15-35(16-5-1)38-19-14-22-42(33-38)50-47-26-13-11-24-44(47)45-34-39(29-32-48(45)50)36-27-30-41(31-28-36)49(40-20-8-3-9-21-40)46-25-12-10-23-43(46)37-17-6-2-7-18-37/h1-34H/i3D,8D,9D,20D,21D,27D,28D,30D,31D. The SMILES string of the molecule is [2H]c1c([2H])c([2H])c(N(c2ccccc2-c2ccccc2)c2c([2H])c([2H])c(-c3ccc4c(c3)c3ccccc3n4-c3cccc(-c4ccccc4)c3)c([2H])c2[2H])c([2H])c1[2H]. The van der Waals surface area contributed by atoms with Gasteiger partial charge in [-0.3, -0.25) is 0 Å². The topological polar surface area (TPSA) is 8.17 Å². The zero-order valence-corrected chi connectivity index (χ0v) is 26.8. The molecular formula is C48H34N2. The summed E-state index contributed by atoms with van der Waals surface area (Å²) in [6.07, 6.45) is 0. The molecule has 0 bridgehead atoms. The van der Waals surface area contributed by atoms with E-state index in [1.54, 1.807) is 30.3 Å². The van der Waals surface area contributed by atoms with Crippen LogP contribution in [-0.4, -0.2) is 4.57 Å². The molecule has 0 amide bonds. The Labute approximate surface area is 305 Å². The molecule has 50 heavy (non-hydrogen) atoms. The molecule has 8 aromatic carbocycles.